The summed E-state index contributed by atoms with van der Waals surface area (Å²) in [4.78, 5) is 7.23. The Morgan fingerprint density at radius 3 is 1.93 bits per heavy atom. The molecule has 12 rings (SSSR count). The van der Waals surface area contributed by atoms with E-state index in [4.69, 9.17) is 13.8 Å². The number of anilines is 3. The molecule has 0 aliphatic heterocycles. The third kappa shape index (κ3) is 5.32. The van der Waals surface area contributed by atoms with Crippen LogP contribution in [0.4, 0.5) is 17.1 Å². The smallest absolute Gasteiger partial charge is 0.227 e. The van der Waals surface area contributed by atoms with E-state index in [0.29, 0.717) is 11.5 Å². The zero-order valence-electron chi connectivity index (χ0n) is 31.1. The fraction of sp³-hybridized carbons (Fsp3) is 0. The molecule has 0 aliphatic rings. The number of hydrogen-bond donors (Lipinski definition) is 0. The van der Waals surface area contributed by atoms with Crippen molar-refractivity contribution in [3.63, 3.8) is 0 Å². The second kappa shape index (κ2) is 13.1. The second-order valence-electron chi connectivity index (χ2n) is 14.7. The Kier molecular flexibility index (Phi) is 7.37. The van der Waals surface area contributed by atoms with Gasteiger partial charge in [-0.2, -0.15) is 0 Å². The van der Waals surface area contributed by atoms with Crippen LogP contribution < -0.4 is 4.90 Å². The highest BCUT2D eigenvalue weighted by Gasteiger charge is 2.20. The summed E-state index contributed by atoms with van der Waals surface area (Å²) in [7, 11) is 0. The molecule has 272 valence electrons. The summed E-state index contributed by atoms with van der Waals surface area (Å²) in [6.07, 6.45) is 0. The minimum Gasteiger partial charge on any atom is -0.456 e. The van der Waals surface area contributed by atoms with Gasteiger partial charge in [-0.25, -0.2) is 4.98 Å². The van der Waals surface area contributed by atoms with Gasteiger partial charge in [0.1, 0.15) is 16.7 Å². The summed E-state index contributed by atoms with van der Waals surface area (Å²) in [5, 5.41) is 7.10. The van der Waals surface area contributed by atoms with Gasteiger partial charge < -0.3 is 13.7 Å². The average Bonchev–Trinajstić information content (AvgIpc) is 3.99. The molecule has 9 aromatic carbocycles. The van der Waals surface area contributed by atoms with Crippen molar-refractivity contribution in [3.8, 4) is 33.7 Å². The van der Waals surface area contributed by atoms with E-state index in [0.717, 1.165) is 61.2 Å². The number of aromatic nitrogens is 1. The number of thiophene rings is 1. The highest BCUT2D eigenvalue weighted by atomic mass is 32.1. The van der Waals surface area contributed by atoms with Gasteiger partial charge in [0.25, 0.3) is 0 Å². The summed E-state index contributed by atoms with van der Waals surface area (Å²) in [5.41, 5.74) is 12.1. The van der Waals surface area contributed by atoms with Crippen LogP contribution in [0.2, 0.25) is 0 Å². The van der Waals surface area contributed by atoms with Crippen LogP contribution in [-0.2, 0) is 0 Å². The molecule has 5 heteroatoms. The van der Waals surface area contributed by atoms with Crippen molar-refractivity contribution in [2.24, 2.45) is 0 Å². The van der Waals surface area contributed by atoms with E-state index in [2.05, 4.69) is 163 Å². The average molecular weight is 761 g/mol. The first-order chi connectivity index (χ1) is 28.7. The normalized spacial score (nSPS) is 11.8. The predicted octanol–water partition coefficient (Wildman–Crippen LogP) is 15.7. The number of nitrogens with zero attached hydrogens (tertiary/aromatic N) is 2. The molecule has 4 nitrogen and oxygen atoms in total. The number of benzene rings is 9. The maximum absolute atomic E-state index is 6.34. The van der Waals surface area contributed by atoms with Crippen LogP contribution >= 0.6 is 11.3 Å². The van der Waals surface area contributed by atoms with Crippen LogP contribution in [0.25, 0.3) is 97.7 Å². The molecule has 0 spiro atoms. The van der Waals surface area contributed by atoms with E-state index >= 15 is 0 Å². The Balaban J connectivity index is 0.956. The molecule has 0 N–H and O–H groups in total. The molecule has 12 aromatic rings. The number of furan rings is 1. The Hall–Kier alpha value is -7.47. The standard InChI is InChI=1S/C53H32N2O2S/c1-2-11-36(12-3-1)53-54-45-31-44-43-30-37(24-29-47(43)56-48(44)32-49(45)57-53)33-20-25-38(26-21-33)55(46-17-9-19-51-52(46)42-15-6-7-18-50(42)58-51)39-27-22-35(23-28-39)41-16-8-13-34-10-4-5-14-40(34)41/h1-32H. The van der Waals surface area contributed by atoms with Crippen LogP contribution in [0.5, 0.6) is 0 Å². The van der Waals surface area contributed by atoms with Gasteiger partial charge >= 0.3 is 0 Å². The van der Waals surface area contributed by atoms with E-state index in [1.165, 1.54) is 42.1 Å². The summed E-state index contributed by atoms with van der Waals surface area (Å²) in [6, 6.07) is 68.9. The number of fused-ring (bicyclic) bond motifs is 8. The lowest BCUT2D eigenvalue weighted by molar-refractivity contribution is 0.617. The Morgan fingerprint density at radius 1 is 0.414 bits per heavy atom. The molecule has 0 amide bonds. The van der Waals surface area contributed by atoms with Gasteiger partial charge in [0.2, 0.25) is 5.89 Å². The van der Waals surface area contributed by atoms with Gasteiger partial charge in [0, 0.05) is 53.9 Å². The first-order valence-corrected chi connectivity index (χ1v) is 20.2. The lowest BCUT2D eigenvalue weighted by Gasteiger charge is -2.27. The highest BCUT2D eigenvalue weighted by molar-refractivity contribution is 7.26. The third-order valence-electron chi connectivity index (χ3n) is 11.3. The topological polar surface area (TPSA) is 42.4 Å². The minimum absolute atomic E-state index is 0.603. The molecule has 0 atom stereocenters. The third-order valence-corrected chi connectivity index (χ3v) is 12.4. The summed E-state index contributed by atoms with van der Waals surface area (Å²) in [5.74, 6) is 0.603. The van der Waals surface area contributed by atoms with Crippen molar-refractivity contribution >= 4 is 92.4 Å². The maximum Gasteiger partial charge on any atom is 0.227 e. The second-order valence-corrected chi connectivity index (χ2v) is 15.8. The molecule has 0 saturated carbocycles. The first kappa shape index (κ1) is 32.7. The zero-order chi connectivity index (χ0) is 38.2. The van der Waals surface area contributed by atoms with E-state index < -0.39 is 0 Å². The molecule has 3 aromatic heterocycles. The predicted molar refractivity (Wildman–Crippen MR) is 243 cm³/mol. The fourth-order valence-corrected chi connectivity index (χ4v) is 9.65. The molecular formula is C53H32N2O2S. The van der Waals surface area contributed by atoms with Gasteiger partial charge in [-0.05, 0) is 106 Å². The monoisotopic (exact) mass is 760 g/mol. The zero-order valence-corrected chi connectivity index (χ0v) is 31.9. The lowest BCUT2D eigenvalue weighted by atomic mass is 9.98. The quantitative estimate of drug-likeness (QED) is 0.169. The molecule has 0 fully saturated rings. The molecule has 0 radical (unpaired) electrons. The van der Waals surface area contributed by atoms with Gasteiger partial charge in [-0.1, -0.05) is 115 Å². The highest BCUT2D eigenvalue weighted by Crippen LogP contribution is 2.46. The van der Waals surface area contributed by atoms with Crippen molar-refractivity contribution < 1.29 is 8.83 Å². The van der Waals surface area contributed by atoms with Crippen molar-refractivity contribution in [2.75, 3.05) is 4.90 Å². The molecular weight excluding hydrogens is 729 g/mol. The van der Waals surface area contributed by atoms with Gasteiger partial charge in [-0.15, -0.1) is 11.3 Å². The Morgan fingerprint density at radius 2 is 1.09 bits per heavy atom. The summed E-state index contributed by atoms with van der Waals surface area (Å²) < 4.78 is 15.0. The summed E-state index contributed by atoms with van der Waals surface area (Å²) >= 11 is 1.84. The molecule has 0 unspecified atom stereocenters. The number of hydrogen-bond acceptors (Lipinski definition) is 5. The van der Waals surface area contributed by atoms with Crippen molar-refractivity contribution in [1.82, 2.24) is 4.98 Å². The fourth-order valence-electron chi connectivity index (χ4n) is 8.52. The lowest BCUT2D eigenvalue weighted by Crippen LogP contribution is -2.10. The number of oxazole rings is 1. The molecule has 3 heterocycles. The van der Waals surface area contributed by atoms with Gasteiger partial charge in [0.05, 0.1) is 5.69 Å². The maximum atomic E-state index is 6.34. The first-order valence-electron chi connectivity index (χ1n) is 19.4. The van der Waals surface area contributed by atoms with Crippen LogP contribution in [0, 0.1) is 0 Å². The van der Waals surface area contributed by atoms with Crippen LogP contribution in [0.1, 0.15) is 0 Å². The largest absolute Gasteiger partial charge is 0.456 e. The van der Waals surface area contributed by atoms with Gasteiger partial charge in [0.15, 0.2) is 5.58 Å². The number of rotatable bonds is 6. The van der Waals surface area contributed by atoms with Crippen LogP contribution in [-0.4, -0.2) is 4.98 Å². The minimum atomic E-state index is 0.603. The molecule has 0 aliphatic carbocycles. The van der Waals surface area contributed by atoms with Gasteiger partial charge in [-0.3, -0.25) is 0 Å². The summed E-state index contributed by atoms with van der Waals surface area (Å²) in [6.45, 7) is 0. The van der Waals surface area contributed by atoms with E-state index in [-0.39, 0.29) is 0 Å². The van der Waals surface area contributed by atoms with Crippen molar-refractivity contribution in [3.05, 3.63) is 194 Å². The Bertz CT molecular complexity index is 3500. The van der Waals surface area contributed by atoms with Crippen LogP contribution in [0.3, 0.4) is 0 Å². The van der Waals surface area contributed by atoms with Crippen molar-refractivity contribution in [1.29, 1.82) is 0 Å². The van der Waals surface area contributed by atoms with Crippen molar-refractivity contribution in [2.45, 2.75) is 0 Å². The SMILES string of the molecule is c1ccc(-c2nc3cc4c(cc3o2)oc2ccc(-c3ccc(N(c5ccc(-c6cccc7ccccc67)cc5)c5cccc6sc7ccccc7c56)cc3)cc24)cc1. The van der Waals surface area contributed by atoms with E-state index in [1.807, 2.05) is 47.7 Å². The van der Waals surface area contributed by atoms with E-state index in [1.54, 1.807) is 0 Å². The molecule has 58 heavy (non-hydrogen) atoms. The molecule has 0 saturated heterocycles. The molecule has 0 bridgehead atoms. The van der Waals surface area contributed by atoms with Crippen LogP contribution in [0.15, 0.2) is 203 Å². The Labute approximate surface area is 337 Å². The van der Waals surface area contributed by atoms with E-state index in [9.17, 15) is 0 Å².